The van der Waals surface area contributed by atoms with E-state index in [1.54, 1.807) is 54.0 Å². The van der Waals surface area contributed by atoms with Crippen molar-refractivity contribution in [1.82, 2.24) is 14.5 Å². The van der Waals surface area contributed by atoms with E-state index >= 15 is 0 Å². The van der Waals surface area contributed by atoms with Gasteiger partial charge in [0.15, 0.2) is 5.65 Å². The minimum absolute atomic E-state index is 0.0260. The molecule has 0 aliphatic heterocycles. The second-order valence-corrected chi connectivity index (χ2v) is 8.51. The minimum Gasteiger partial charge on any atom is -0.495 e. The van der Waals surface area contributed by atoms with Gasteiger partial charge in [-0.25, -0.2) is 14.8 Å². The Balaban J connectivity index is 1.71. The van der Waals surface area contributed by atoms with Crippen molar-refractivity contribution in [2.75, 3.05) is 19.0 Å². The van der Waals surface area contributed by atoms with E-state index in [-0.39, 0.29) is 29.2 Å². The second kappa shape index (κ2) is 11.0. The van der Waals surface area contributed by atoms with Crippen molar-refractivity contribution in [3.05, 3.63) is 100 Å². The minimum atomic E-state index is -0.691. The van der Waals surface area contributed by atoms with Crippen LogP contribution in [0.3, 0.4) is 0 Å². The number of ether oxygens (including phenoxy) is 2. The van der Waals surface area contributed by atoms with E-state index < -0.39 is 16.8 Å². The number of nitro benzene ring substituents is 1. The molecule has 0 spiro atoms. The average molecular weight is 538 g/mol. The number of fused-ring (bicyclic) bond motifs is 2. The van der Waals surface area contributed by atoms with Gasteiger partial charge in [0, 0.05) is 18.2 Å². The molecule has 1 amide bonds. The van der Waals surface area contributed by atoms with Gasteiger partial charge < -0.3 is 14.8 Å². The van der Waals surface area contributed by atoms with Crippen LogP contribution in [0.4, 0.5) is 11.5 Å². The highest BCUT2D eigenvalue weighted by Gasteiger charge is 2.29. The van der Waals surface area contributed by atoms with Crippen molar-refractivity contribution in [3.63, 3.8) is 0 Å². The maximum absolute atomic E-state index is 13.3. The van der Waals surface area contributed by atoms with Crippen LogP contribution in [0, 0.1) is 10.1 Å². The van der Waals surface area contributed by atoms with Gasteiger partial charge in [-0.05, 0) is 42.8 Å². The maximum Gasteiger partial charge on any atom is 0.344 e. The van der Waals surface area contributed by atoms with Crippen molar-refractivity contribution in [1.29, 1.82) is 0 Å². The van der Waals surface area contributed by atoms with Gasteiger partial charge >= 0.3 is 5.97 Å². The van der Waals surface area contributed by atoms with Gasteiger partial charge in [0.1, 0.15) is 22.6 Å². The summed E-state index contributed by atoms with van der Waals surface area (Å²) < 4.78 is 12.5. The molecule has 0 unspecified atom stereocenters. The monoisotopic (exact) mass is 537 g/mol. The Morgan fingerprint density at radius 3 is 2.48 bits per heavy atom. The third kappa shape index (κ3) is 4.95. The molecule has 0 fully saturated rings. The van der Waals surface area contributed by atoms with E-state index in [0.29, 0.717) is 33.7 Å². The van der Waals surface area contributed by atoms with E-state index in [1.807, 2.05) is 12.1 Å². The first kappa shape index (κ1) is 26.0. The fourth-order valence-corrected chi connectivity index (χ4v) is 4.28. The Morgan fingerprint density at radius 2 is 1.75 bits per heavy atom. The number of carbonyl (C=O) groups excluding carboxylic acids is 2. The zero-order valence-corrected chi connectivity index (χ0v) is 21.5. The van der Waals surface area contributed by atoms with Gasteiger partial charge in [-0.3, -0.25) is 19.5 Å². The lowest BCUT2D eigenvalue weighted by Crippen LogP contribution is -2.16. The van der Waals surface area contributed by atoms with Crippen molar-refractivity contribution in [2.24, 2.45) is 0 Å². The number of rotatable bonds is 8. The highest BCUT2D eigenvalue weighted by atomic mass is 16.6. The number of benzene rings is 3. The molecule has 2 aromatic heterocycles. The van der Waals surface area contributed by atoms with Crippen molar-refractivity contribution in [3.8, 4) is 11.4 Å². The van der Waals surface area contributed by atoms with Gasteiger partial charge in [0.2, 0.25) is 5.91 Å². The molecule has 40 heavy (non-hydrogen) atoms. The molecule has 0 bridgehead atoms. The molecule has 5 aromatic rings. The summed E-state index contributed by atoms with van der Waals surface area (Å²) in [5, 5.41) is 13.9. The van der Waals surface area contributed by atoms with Crippen molar-refractivity contribution in [2.45, 2.75) is 6.92 Å². The van der Waals surface area contributed by atoms with E-state index in [0.717, 1.165) is 0 Å². The first-order valence-electron chi connectivity index (χ1n) is 12.3. The zero-order chi connectivity index (χ0) is 28.2. The summed E-state index contributed by atoms with van der Waals surface area (Å²) in [5.41, 5.74) is 2.57. The topological polar surface area (TPSA) is 138 Å². The van der Waals surface area contributed by atoms with Crippen molar-refractivity contribution >= 4 is 51.7 Å². The Morgan fingerprint density at radius 1 is 1.02 bits per heavy atom. The number of nitro groups is 1. The highest BCUT2D eigenvalue weighted by molar-refractivity contribution is 6.13. The molecule has 5 rings (SSSR count). The van der Waals surface area contributed by atoms with Crippen LogP contribution in [0.2, 0.25) is 0 Å². The van der Waals surface area contributed by atoms with Crippen LogP contribution in [-0.4, -0.2) is 45.1 Å². The van der Waals surface area contributed by atoms with E-state index in [2.05, 4.69) is 5.32 Å². The first-order chi connectivity index (χ1) is 19.4. The lowest BCUT2D eigenvalue weighted by Gasteiger charge is -2.14. The number of hydrogen-bond donors (Lipinski definition) is 1. The first-order valence-corrected chi connectivity index (χ1v) is 12.3. The summed E-state index contributed by atoms with van der Waals surface area (Å²) in [6.07, 6.45) is 2.66. The van der Waals surface area contributed by atoms with Crippen LogP contribution in [0.5, 0.6) is 5.75 Å². The molecule has 11 heteroatoms. The fraction of sp³-hybridized carbons (Fsp3) is 0.103. The summed E-state index contributed by atoms with van der Waals surface area (Å²) in [4.78, 5) is 46.6. The number of carbonyl (C=O) groups is 2. The summed E-state index contributed by atoms with van der Waals surface area (Å²) >= 11 is 0. The third-order valence-corrected chi connectivity index (χ3v) is 6.02. The molecule has 0 saturated carbocycles. The Labute approximate surface area is 227 Å². The lowest BCUT2D eigenvalue weighted by atomic mass is 10.2. The smallest absolute Gasteiger partial charge is 0.344 e. The molecular weight excluding hydrogens is 514 g/mol. The van der Waals surface area contributed by atoms with Gasteiger partial charge in [0.05, 0.1) is 35.4 Å². The number of methoxy groups -OCH3 is 1. The quantitative estimate of drug-likeness (QED) is 0.121. The van der Waals surface area contributed by atoms with Gasteiger partial charge in [-0.1, -0.05) is 36.4 Å². The number of nitrogens with one attached hydrogen (secondary N) is 1. The van der Waals surface area contributed by atoms with Crippen LogP contribution in [0.25, 0.3) is 34.0 Å². The van der Waals surface area contributed by atoms with E-state index in [1.165, 1.54) is 37.5 Å². The van der Waals surface area contributed by atoms with Crippen molar-refractivity contribution < 1.29 is 24.0 Å². The Kier molecular flexibility index (Phi) is 7.18. The number of para-hydroxylation sites is 4. The summed E-state index contributed by atoms with van der Waals surface area (Å²) in [7, 11) is 1.51. The molecule has 11 nitrogen and oxygen atoms in total. The maximum atomic E-state index is 13.3. The number of amides is 1. The largest absolute Gasteiger partial charge is 0.495 e. The van der Waals surface area contributed by atoms with Gasteiger partial charge in [-0.15, -0.1) is 0 Å². The van der Waals surface area contributed by atoms with E-state index in [4.69, 9.17) is 19.4 Å². The fourth-order valence-electron chi connectivity index (χ4n) is 4.28. The molecule has 3 aromatic carbocycles. The number of nitrogens with zero attached hydrogens (tertiary/aromatic N) is 4. The van der Waals surface area contributed by atoms with Gasteiger partial charge in [0.25, 0.3) is 5.69 Å². The van der Waals surface area contributed by atoms with Gasteiger partial charge in [-0.2, -0.15) is 0 Å². The SMILES string of the molecule is CCOC(=O)c1c(NC(=O)C=Cc2cccc([N+](=O)[O-])c2)n(-c2ccccc2OC)c2nc3ccccc3nc12. The Hall–Kier alpha value is -5.58. The summed E-state index contributed by atoms with van der Waals surface area (Å²) in [6, 6.07) is 20.2. The summed E-state index contributed by atoms with van der Waals surface area (Å²) in [5.74, 6) is -0.737. The molecule has 0 aliphatic rings. The summed E-state index contributed by atoms with van der Waals surface area (Å²) in [6.45, 7) is 1.78. The molecule has 0 saturated heterocycles. The van der Waals surface area contributed by atoms with E-state index in [9.17, 15) is 19.7 Å². The normalized spacial score (nSPS) is 11.2. The molecular formula is C29H23N5O6. The van der Waals surface area contributed by atoms with Crippen LogP contribution in [0.15, 0.2) is 78.9 Å². The third-order valence-electron chi connectivity index (χ3n) is 6.02. The predicted molar refractivity (Wildman–Crippen MR) is 150 cm³/mol. The standard InChI is InChI=1S/C29H23N5O6/c1-3-40-29(36)25-26-28(31-21-12-5-4-11-20(21)30-26)33(22-13-6-7-14-23(22)39-2)27(25)32-24(35)16-15-18-9-8-10-19(17-18)34(37)38/h4-17H,3H2,1-2H3,(H,32,35). The van der Waals surface area contributed by atoms with Crippen LogP contribution < -0.4 is 10.1 Å². The van der Waals surface area contributed by atoms with Crippen LogP contribution in [0.1, 0.15) is 22.8 Å². The van der Waals surface area contributed by atoms with Crippen LogP contribution >= 0.6 is 0 Å². The highest BCUT2D eigenvalue weighted by Crippen LogP contribution is 2.36. The molecule has 2 heterocycles. The molecule has 0 aliphatic carbocycles. The number of hydrogen-bond acceptors (Lipinski definition) is 8. The number of non-ortho nitro benzene ring substituents is 1. The number of aromatic nitrogens is 3. The number of anilines is 1. The lowest BCUT2D eigenvalue weighted by molar-refractivity contribution is -0.384. The Bertz CT molecular complexity index is 1810. The number of esters is 1. The second-order valence-electron chi connectivity index (χ2n) is 8.51. The zero-order valence-electron chi connectivity index (χ0n) is 21.5. The van der Waals surface area contributed by atoms with Crippen LogP contribution in [-0.2, 0) is 9.53 Å². The molecule has 0 atom stereocenters. The molecule has 0 radical (unpaired) electrons. The molecule has 1 N–H and O–H groups in total. The molecule has 200 valence electrons. The average Bonchev–Trinajstić information content (AvgIpc) is 3.27. The predicted octanol–water partition coefficient (Wildman–Crippen LogP) is 5.32.